The lowest BCUT2D eigenvalue weighted by molar-refractivity contribution is -0.148. The van der Waals surface area contributed by atoms with E-state index in [9.17, 15) is 19.2 Å². The number of anilines is 1. The molecule has 2 aliphatic rings. The maximum atomic E-state index is 12.3. The monoisotopic (exact) mass is 372 g/mol. The summed E-state index contributed by atoms with van der Waals surface area (Å²) in [4.78, 5) is 49.6. The standard InChI is InChI=1S/C20H24N2O5/c1-13-5-4-6-14(11-13)21-17(23)12-27-18(24)9-10-22-19(25)15-7-2-3-8-16(15)20(22)26/h4-6,11,15-16H,2-3,7-10,12H2,1H3,(H,21,23)/t15-,16-/m0/s1. The first kappa shape index (κ1) is 19.1. The predicted molar refractivity (Wildman–Crippen MR) is 97.6 cm³/mol. The molecule has 1 saturated carbocycles. The molecule has 3 amide bonds. The fraction of sp³-hybridized carbons (Fsp3) is 0.500. The summed E-state index contributed by atoms with van der Waals surface area (Å²) in [5.41, 5.74) is 1.64. The highest BCUT2D eigenvalue weighted by molar-refractivity contribution is 6.05. The van der Waals surface area contributed by atoms with E-state index in [0.717, 1.165) is 31.2 Å². The van der Waals surface area contributed by atoms with Gasteiger partial charge < -0.3 is 10.1 Å². The first-order valence-electron chi connectivity index (χ1n) is 9.33. The summed E-state index contributed by atoms with van der Waals surface area (Å²) in [6.45, 7) is 1.52. The van der Waals surface area contributed by atoms with E-state index >= 15 is 0 Å². The smallest absolute Gasteiger partial charge is 0.308 e. The number of carbonyl (C=O) groups is 4. The summed E-state index contributed by atoms with van der Waals surface area (Å²) in [5.74, 6) is -1.83. The van der Waals surface area contributed by atoms with Crippen molar-refractivity contribution in [1.29, 1.82) is 0 Å². The molecule has 144 valence electrons. The van der Waals surface area contributed by atoms with Gasteiger partial charge in [0.15, 0.2) is 6.61 Å². The van der Waals surface area contributed by atoms with E-state index in [1.54, 1.807) is 6.07 Å². The minimum atomic E-state index is -0.607. The Hall–Kier alpha value is -2.70. The number of carbonyl (C=O) groups excluding carboxylic acids is 4. The van der Waals surface area contributed by atoms with Crippen molar-refractivity contribution in [3.63, 3.8) is 0 Å². The van der Waals surface area contributed by atoms with E-state index in [-0.39, 0.29) is 36.6 Å². The third-order valence-electron chi connectivity index (χ3n) is 5.14. The number of aryl methyl sites for hydroxylation is 1. The second kappa shape index (κ2) is 8.33. The number of rotatable bonds is 6. The number of amides is 3. The Balaban J connectivity index is 1.42. The van der Waals surface area contributed by atoms with Crippen LogP contribution in [0.5, 0.6) is 0 Å². The Labute approximate surface area is 158 Å². The summed E-state index contributed by atoms with van der Waals surface area (Å²) in [7, 11) is 0. The molecule has 27 heavy (non-hydrogen) atoms. The van der Waals surface area contributed by atoms with Crippen LogP contribution in [0, 0.1) is 18.8 Å². The van der Waals surface area contributed by atoms with Gasteiger partial charge >= 0.3 is 5.97 Å². The lowest BCUT2D eigenvalue weighted by Crippen LogP contribution is -2.33. The second-order valence-corrected chi connectivity index (χ2v) is 7.15. The molecule has 3 rings (SSSR count). The van der Waals surface area contributed by atoms with Crippen molar-refractivity contribution in [3.8, 4) is 0 Å². The third kappa shape index (κ3) is 4.53. The molecule has 1 aromatic rings. The van der Waals surface area contributed by atoms with Crippen LogP contribution in [-0.2, 0) is 23.9 Å². The van der Waals surface area contributed by atoms with Crippen molar-refractivity contribution in [2.24, 2.45) is 11.8 Å². The number of imide groups is 1. The number of likely N-dealkylation sites (tertiary alicyclic amines) is 1. The van der Waals surface area contributed by atoms with Crippen molar-refractivity contribution in [1.82, 2.24) is 4.90 Å². The average molecular weight is 372 g/mol. The van der Waals surface area contributed by atoms with Crippen LogP contribution in [-0.4, -0.2) is 41.7 Å². The minimum Gasteiger partial charge on any atom is -0.456 e. The van der Waals surface area contributed by atoms with Crippen molar-refractivity contribution in [3.05, 3.63) is 29.8 Å². The SMILES string of the molecule is Cc1cccc(NC(=O)COC(=O)CCN2C(=O)[C@H]3CCCC[C@@H]3C2=O)c1. The van der Waals surface area contributed by atoms with Gasteiger partial charge in [0.05, 0.1) is 18.3 Å². The zero-order valence-corrected chi connectivity index (χ0v) is 15.4. The zero-order valence-electron chi connectivity index (χ0n) is 15.4. The summed E-state index contributed by atoms with van der Waals surface area (Å²) in [6, 6.07) is 7.28. The van der Waals surface area contributed by atoms with Gasteiger partial charge in [-0.25, -0.2) is 0 Å². The normalized spacial score (nSPS) is 21.7. The van der Waals surface area contributed by atoms with Gasteiger partial charge in [0.25, 0.3) is 5.91 Å². The maximum absolute atomic E-state index is 12.3. The molecule has 7 heteroatoms. The average Bonchev–Trinajstić information content (AvgIpc) is 2.89. The van der Waals surface area contributed by atoms with Crippen LogP contribution in [0.15, 0.2) is 24.3 Å². The second-order valence-electron chi connectivity index (χ2n) is 7.15. The third-order valence-corrected chi connectivity index (χ3v) is 5.14. The highest BCUT2D eigenvalue weighted by Gasteiger charge is 2.47. The molecule has 0 unspecified atom stereocenters. The number of ether oxygens (including phenoxy) is 1. The van der Waals surface area contributed by atoms with Gasteiger partial charge in [-0.2, -0.15) is 0 Å². The maximum Gasteiger partial charge on any atom is 0.308 e. The molecule has 0 aromatic heterocycles. The van der Waals surface area contributed by atoms with E-state index in [2.05, 4.69) is 5.32 Å². The van der Waals surface area contributed by atoms with Gasteiger partial charge in [-0.3, -0.25) is 24.1 Å². The lowest BCUT2D eigenvalue weighted by Gasteiger charge is -2.19. The van der Waals surface area contributed by atoms with E-state index in [1.807, 2.05) is 25.1 Å². The molecule has 1 aliphatic heterocycles. The molecule has 0 radical (unpaired) electrons. The van der Waals surface area contributed by atoms with E-state index in [0.29, 0.717) is 5.69 Å². The quantitative estimate of drug-likeness (QED) is 0.609. The van der Waals surface area contributed by atoms with Crippen LogP contribution in [0.1, 0.15) is 37.7 Å². The lowest BCUT2D eigenvalue weighted by atomic mass is 9.81. The first-order chi connectivity index (χ1) is 13.0. The largest absolute Gasteiger partial charge is 0.456 e. The van der Waals surface area contributed by atoms with E-state index < -0.39 is 18.5 Å². The highest BCUT2D eigenvalue weighted by Crippen LogP contribution is 2.37. The molecule has 2 atom stereocenters. The number of hydrogen-bond acceptors (Lipinski definition) is 5. The van der Waals surface area contributed by atoms with Crippen molar-refractivity contribution >= 4 is 29.4 Å². The van der Waals surface area contributed by atoms with Gasteiger partial charge in [-0.1, -0.05) is 25.0 Å². The van der Waals surface area contributed by atoms with Crippen LogP contribution in [0.25, 0.3) is 0 Å². The van der Waals surface area contributed by atoms with Crippen molar-refractivity contribution < 1.29 is 23.9 Å². The Morgan fingerprint density at radius 2 is 1.81 bits per heavy atom. The Kier molecular flexibility index (Phi) is 5.88. The van der Waals surface area contributed by atoms with Crippen LogP contribution < -0.4 is 5.32 Å². The Morgan fingerprint density at radius 1 is 1.15 bits per heavy atom. The van der Waals surface area contributed by atoms with Crippen molar-refractivity contribution in [2.75, 3.05) is 18.5 Å². The summed E-state index contributed by atoms with van der Waals surface area (Å²) in [5, 5.41) is 2.65. The van der Waals surface area contributed by atoms with Crippen molar-refractivity contribution in [2.45, 2.75) is 39.0 Å². The molecule has 7 nitrogen and oxygen atoms in total. The first-order valence-corrected chi connectivity index (χ1v) is 9.33. The van der Waals surface area contributed by atoms with Gasteiger partial charge in [-0.05, 0) is 37.5 Å². The summed E-state index contributed by atoms with van der Waals surface area (Å²) >= 11 is 0. The van der Waals surface area contributed by atoms with Crippen LogP contribution in [0.2, 0.25) is 0 Å². The van der Waals surface area contributed by atoms with Crippen LogP contribution in [0.3, 0.4) is 0 Å². The van der Waals surface area contributed by atoms with Gasteiger partial charge in [0.1, 0.15) is 0 Å². The molecule has 1 saturated heterocycles. The molecule has 1 aromatic carbocycles. The minimum absolute atomic E-state index is 0.0169. The van der Waals surface area contributed by atoms with Gasteiger partial charge in [-0.15, -0.1) is 0 Å². The Morgan fingerprint density at radius 3 is 2.44 bits per heavy atom. The van der Waals surface area contributed by atoms with Gasteiger partial charge in [0.2, 0.25) is 11.8 Å². The molecule has 0 bridgehead atoms. The Bertz CT molecular complexity index is 736. The molecule has 1 heterocycles. The summed E-state index contributed by atoms with van der Waals surface area (Å²) in [6.07, 6.45) is 3.32. The number of esters is 1. The van der Waals surface area contributed by atoms with Gasteiger partial charge in [0, 0.05) is 12.2 Å². The fourth-order valence-corrected chi connectivity index (χ4v) is 3.79. The topological polar surface area (TPSA) is 92.8 Å². The molecule has 0 spiro atoms. The predicted octanol–water partition coefficient (Wildman–Crippen LogP) is 2.04. The molecule has 1 N–H and O–H groups in total. The van der Waals surface area contributed by atoms with E-state index in [4.69, 9.17) is 4.74 Å². The number of nitrogens with one attached hydrogen (secondary N) is 1. The fourth-order valence-electron chi connectivity index (χ4n) is 3.79. The van der Waals surface area contributed by atoms with Crippen LogP contribution >= 0.6 is 0 Å². The number of fused-ring (bicyclic) bond motifs is 1. The number of hydrogen-bond donors (Lipinski definition) is 1. The van der Waals surface area contributed by atoms with Crippen LogP contribution in [0.4, 0.5) is 5.69 Å². The summed E-state index contributed by atoms with van der Waals surface area (Å²) < 4.78 is 4.96. The molecular formula is C20H24N2O5. The molecular weight excluding hydrogens is 348 g/mol. The van der Waals surface area contributed by atoms with E-state index in [1.165, 1.54) is 4.90 Å². The number of nitrogens with zero attached hydrogens (tertiary/aromatic N) is 1. The zero-order chi connectivity index (χ0) is 19.4. The molecule has 2 fully saturated rings. The molecule has 1 aliphatic carbocycles. The number of benzene rings is 1. The highest BCUT2D eigenvalue weighted by atomic mass is 16.5.